The van der Waals surface area contributed by atoms with E-state index in [1.54, 1.807) is 0 Å². The first-order chi connectivity index (χ1) is 9.38. The highest BCUT2D eigenvalue weighted by Crippen LogP contribution is 2.46. The molecule has 20 heavy (non-hydrogen) atoms. The Kier molecular flexibility index (Phi) is 5.44. The zero-order chi connectivity index (χ0) is 14.8. The normalized spacial score (nSPS) is 33.0. The monoisotopic (exact) mass is 298 g/mol. The molecule has 0 aliphatic heterocycles. The Hall–Kier alpha value is -0.180. The van der Waals surface area contributed by atoms with Gasteiger partial charge in [0.05, 0.1) is 5.92 Å². The van der Waals surface area contributed by atoms with Crippen LogP contribution in [0.1, 0.15) is 72.1 Å². The number of hydrogen-bond donors (Lipinski definition) is 1. The minimum absolute atomic E-state index is 0.111. The van der Waals surface area contributed by atoms with Crippen molar-refractivity contribution in [3.05, 3.63) is 0 Å². The van der Waals surface area contributed by atoms with Gasteiger partial charge in [-0.3, -0.25) is 4.79 Å². The fourth-order valence-corrected chi connectivity index (χ4v) is 5.68. The summed E-state index contributed by atoms with van der Waals surface area (Å²) < 4.78 is 0. The molecule has 2 saturated carbocycles. The summed E-state index contributed by atoms with van der Waals surface area (Å²) in [4.78, 5) is 11.5. The highest BCUT2D eigenvalue weighted by atomic mass is 32.2. The highest BCUT2D eigenvalue weighted by molar-refractivity contribution is 8.00. The molecule has 0 bridgehead atoms. The molecule has 1 N–H and O–H groups in total. The van der Waals surface area contributed by atoms with Crippen molar-refractivity contribution < 1.29 is 9.90 Å². The van der Waals surface area contributed by atoms with Crippen LogP contribution < -0.4 is 0 Å². The van der Waals surface area contributed by atoms with Crippen molar-refractivity contribution in [2.75, 3.05) is 0 Å². The zero-order valence-corrected chi connectivity index (χ0v) is 14.0. The van der Waals surface area contributed by atoms with Gasteiger partial charge in [0.1, 0.15) is 0 Å². The van der Waals surface area contributed by atoms with E-state index in [0.29, 0.717) is 21.8 Å². The van der Waals surface area contributed by atoms with Gasteiger partial charge in [-0.25, -0.2) is 0 Å². The van der Waals surface area contributed by atoms with Gasteiger partial charge in [0, 0.05) is 10.5 Å². The van der Waals surface area contributed by atoms with Crippen LogP contribution in [0.4, 0.5) is 0 Å². The number of thioether (sulfide) groups is 1. The van der Waals surface area contributed by atoms with E-state index in [0.717, 1.165) is 19.3 Å². The Bertz CT molecular complexity index is 328. The van der Waals surface area contributed by atoms with E-state index in [-0.39, 0.29) is 5.92 Å². The summed E-state index contributed by atoms with van der Waals surface area (Å²) in [7, 11) is 0. The molecule has 2 fully saturated rings. The van der Waals surface area contributed by atoms with Crippen LogP contribution in [0.25, 0.3) is 0 Å². The van der Waals surface area contributed by atoms with Crippen molar-refractivity contribution in [3.63, 3.8) is 0 Å². The minimum atomic E-state index is -0.564. The largest absolute Gasteiger partial charge is 0.481 e. The summed E-state index contributed by atoms with van der Waals surface area (Å²) in [6.45, 7) is 6.92. The van der Waals surface area contributed by atoms with Gasteiger partial charge < -0.3 is 5.11 Å². The van der Waals surface area contributed by atoms with Crippen molar-refractivity contribution in [2.45, 2.75) is 82.6 Å². The van der Waals surface area contributed by atoms with Crippen molar-refractivity contribution in [1.82, 2.24) is 0 Å². The van der Waals surface area contributed by atoms with Gasteiger partial charge in [0.2, 0.25) is 0 Å². The summed E-state index contributed by atoms with van der Waals surface area (Å²) in [6.07, 6.45) is 9.71. The zero-order valence-electron chi connectivity index (χ0n) is 13.2. The van der Waals surface area contributed by atoms with Crippen LogP contribution in [0.2, 0.25) is 0 Å². The van der Waals surface area contributed by atoms with Crippen LogP contribution in [0.15, 0.2) is 0 Å². The van der Waals surface area contributed by atoms with E-state index in [1.165, 1.54) is 32.1 Å². The molecular formula is C17H30O2S. The number of rotatable bonds is 3. The second-order valence-corrected chi connectivity index (χ2v) is 9.30. The molecule has 0 saturated heterocycles. The lowest BCUT2D eigenvalue weighted by Crippen LogP contribution is -2.38. The molecule has 2 nitrogen and oxygen atoms in total. The van der Waals surface area contributed by atoms with Crippen LogP contribution in [0.3, 0.4) is 0 Å². The van der Waals surface area contributed by atoms with Gasteiger partial charge in [0.15, 0.2) is 0 Å². The third kappa shape index (κ3) is 4.16. The van der Waals surface area contributed by atoms with Gasteiger partial charge >= 0.3 is 5.97 Å². The third-order valence-corrected chi connectivity index (χ3v) is 6.98. The SMILES string of the molecule is CC(C)(C)C1CCC(C(=O)O)C(SC2CCCCC2)C1. The lowest BCUT2D eigenvalue weighted by atomic mass is 9.69. The first-order valence-corrected chi connectivity index (χ1v) is 9.20. The molecular weight excluding hydrogens is 268 g/mol. The van der Waals surface area contributed by atoms with Crippen molar-refractivity contribution in [2.24, 2.45) is 17.3 Å². The van der Waals surface area contributed by atoms with Crippen LogP contribution in [-0.2, 0) is 4.79 Å². The number of carbonyl (C=O) groups is 1. The van der Waals surface area contributed by atoms with E-state index in [2.05, 4.69) is 20.8 Å². The van der Waals surface area contributed by atoms with E-state index in [1.807, 2.05) is 11.8 Å². The number of carboxylic acids is 1. The molecule has 0 aromatic rings. The number of aliphatic carboxylic acids is 1. The van der Waals surface area contributed by atoms with E-state index < -0.39 is 5.97 Å². The summed E-state index contributed by atoms with van der Waals surface area (Å²) in [5.74, 6) is 0.00499. The summed E-state index contributed by atoms with van der Waals surface area (Å²) in [6, 6.07) is 0. The third-order valence-electron chi connectivity index (χ3n) is 5.25. The highest BCUT2D eigenvalue weighted by Gasteiger charge is 2.40. The molecule has 0 spiro atoms. The second-order valence-electron chi connectivity index (χ2n) is 7.76. The van der Waals surface area contributed by atoms with Gasteiger partial charge in [0.25, 0.3) is 0 Å². The van der Waals surface area contributed by atoms with E-state index in [4.69, 9.17) is 0 Å². The predicted molar refractivity (Wildman–Crippen MR) is 86.2 cm³/mol. The van der Waals surface area contributed by atoms with E-state index in [9.17, 15) is 9.90 Å². The van der Waals surface area contributed by atoms with Crippen LogP contribution in [0, 0.1) is 17.3 Å². The lowest BCUT2D eigenvalue weighted by molar-refractivity contribution is -0.143. The maximum absolute atomic E-state index is 11.5. The summed E-state index contributed by atoms with van der Waals surface area (Å²) in [5, 5.41) is 10.6. The summed E-state index contributed by atoms with van der Waals surface area (Å²) >= 11 is 2.02. The maximum atomic E-state index is 11.5. The Morgan fingerprint density at radius 3 is 2.25 bits per heavy atom. The Morgan fingerprint density at radius 2 is 1.70 bits per heavy atom. The molecule has 116 valence electrons. The maximum Gasteiger partial charge on any atom is 0.307 e. The number of carboxylic acid groups (broad SMARTS) is 1. The fraction of sp³-hybridized carbons (Fsp3) is 0.941. The first-order valence-electron chi connectivity index (χ1n) is 8.26. The second kappa shape index (κ2) is 6.72. The van der Waals surface area contributed by atoms with Gasteiger partial charge in [-0.1, -0.05) is 40.0 Å². The van der Waals surface area contributed by atoms with Gasteiger partial charge in [-0.15, -0.1) is 0 Å². The van der Waals surface area contributed by atoms with Crippen LogP contribution in [0.5, 0.6) is 0 Å². The fourth-order valence-electron chi connectivity index (χ4n) is 3.80. The minimum Gasteiger partial charge on any atom is -0.481 e. The van der Waals surface area contributed by atoms with E-state index >= 15 is 0 Å². The Balaban J connectivity index is 2.00. The predicted octanol–water partition coefficient (Wildman–Crippen LogP) is 4.97. The average Bonchev–Trinajstić information content (AvgIpc) is 2.38. The molecule has 0 aromatic carbocycles. The quantitative estimate of drug-likeness (QED) is 0.799. The van der Waals surface area contributed by atoms with Crippen LogP contribution in [-0.4, -0.2) is 21.6 Å². The average molecular weight is 298 g/mol. The Labute approximate surface area is 128 Å². The van der Waals surface area contributed by atoms with Gasteiger partial charge in [-0.2, -0.15) is 11.8 Å². The topological polar surface area (TPSA) is 37.3 Å². The number of hydrogen-bond acceptors (Lipinski definition) is 2. The molecule has 2 rings (SSSR count). The van der Waals surface area contributed by atoms with Crippen molar-refractivity contribution in [1.29, 1.82) is 0 Å². The molecule has 0 amide bonds. The van der Waals surface area contributed by atoms with Gasteiger partial charge in [-0.05, 0) is 43.4 Å². The smallest absolute Gasteiger partial charge is 0.307 e. The molecule has 2 aliphatic carbocycles. The van der Waals surface area contributed by atoms with Crippen molar-refractivity contribution >= 4 is 17.7 Å². The standard InChI is InChI=1S/C17H30O2S/c1-17(2,3)12-9-10-14(16(18)19)15(11-12)20-13-7-5-4-6-8-13/h12-15H,4-11H2,1-3H3,(H,18,19). The Morgan fingerprint density at radius 1 is 1.05 bits per heavy atom. The van der Waals surface area contributed by atoms with Crippen LogP contribution >= 0.6 is 11.8 Å². The molecule has 3 atom stereocenters. The lowest BCUT2D eigenvalue weighted by Gasteiger charge is -2.41. The summed E-state index contributed by atoms with van der Waals surface area (Å²) in [5.41, 5.74) is 0.314. The first kappa shape index (κ1) is 16.2. The van der Waals surface area contributed by atoms with Crippen molar-refractivity contribution in [3.8, 4) is 0 Å². The molecule has 0 heterocycles. The molecule has 2 aliphatic rings. The molecule has 3 heteroatoms. The molecule has 3 unspecified atom stereocenters. The molecule has 0 aromatic heterocycles. The molecule has 0 radical (unpaired) electrons.